The van der Waals surface area contributed by atoms with E-state index in [2.05, 4.69) is 31.4 Å². The van der Waals surface area contributed by atoms with E-state index >= 15 is 0 Å². The maximum Gasteiger partial charge on any atom is -0.0230 e. The van der Waals surface area contributed by atoms with Gasteiger partial charge in [-0.25, -0.2) is 0 Å². The number of benzene rings is 1. The molecule has 1 rings (SSSR count). The van der Waals surface area contributed by atoms with Gasteiger partial charge < -0.3 is 0 Å². The summed E-state index contributed by atoms with van der Waals surface area (Å²) >= 11 is 0. The van der Waals surface area contributed by atoms with Crippen molar-refractivity contribution in [2.24, 2.45) is 0 Å². The van der Waals surface area contributed by atoms with E-state index in [-0.39, 0.29) is 0 Å². The summed E-state index contributed by atoms with van der Waals surface area (Å²) in [6, 6.07) is 8.40. The second-order valence-electron chi connectivity index (χ2n) is 3.08. The smallest absolute Gasteiger partial charge is 0.0230 e. The molecule has 0 saturated heterocycles. The molecule has 0 nitrogen and oxygen atoms in total. The van der Waals surface area contributed by atoms with Gasteiger partial charge in [0.05, 0.1) is 0 Å². The van der Waals surface area contributed by atoms with Crippen LogP contribution in [0.5, 0.6) is 0 Å². The van der Waals surface area contributed by atoms with Crippen molar-refractivity contribution in [1.82, 2.24) is 0 Å². The Morgan fingerprint density at radius 3 is 2.62 bits per heavy atom. The predicted molar refractivity (Wildman–Crippen MR) is 59.7 cm³/mol. The number of allylic oxidation sites excluding steroid dienone is 1. The number of hydrogen-bond donors (Lipinski definition) is 0. The third-order valence-corrected chi connectivity index (χ3v) is 2.13. The van der Waals surface area contributed by atoms with E-state index in [1.807, 2.05) is 18.2 Å². The lowest BCUT2D eigenvalue weighted by Gasteiger charge is -2.03. The van der Waals surface area contributed by atoms with Gasteiger partial charge in [0.15, 0.2) is 0 Å². The molecule has 0 saturated carbocycles. The van der Waals surface area contributed by atoms with E-state index in [1.54, 1.807) is 0 Å². The zero-order valence-electron chi connectivity index (χ0n) is 8.00. The maximum absolute atomic E-state index is 3.80. The minimum atomic E-state index is 1.09. The van der Waals surface area contributed by atoms with Crippen LogP contribution < -0.4 is 0 Å². The average molecular weight is 172 g/mol. The van der Waals surface area contributed by atoms with E-state index in [0.717, 1.165) is 12.8 Å². The van der Waals surface area contributed by atoms with Gasteiger partial charge in [-0.1, -0.05) is 43.0 Å². The first-order chi connectivity index (χ1) is 6.38. The Morgan fingerprint density at radius 2 is 1.92 bits per heavy atom. The molecule has 0 N–H and O–H groups in total. The molecule has 1 aromatic carbocycles. The molecule has 0 unspecified atom stereocenters. The van der Waals surface area contributed by atoms with Crippen LogP contribution >= 0.6 is 0 Å². The molecule has 0 aromatic heterocycles. The lowest BCUT2D eigenvalue weighted by Crippen LogP contribution is -1.88. The van der Waals surface area contributed by atoms with Gasteiger partial charge >= 0.3 is 0 Å². The Balaban J connectivity index is 2.63. The van der Waals surface area contributed by atoms with E-state index < -0.39 is 0 Å². The van der Waals surface area contributed by atoms with Gasteiger partial charge in [0, 0.05) is 0 Å². The highest BCUT2D eigenvalue weighted by molar-refractivity contribution is 5.51. The number of aryl methyl sites for hydroxylation is 1. The quantitative estimate of drug-likeness (QED) is 0.467. The molecule has 0 spiro atoms. The maximum atomic E-state index is 3.80. The fourth-order valence-electron chi connectivity index (χ4n) is 1.40. The Bertz CT molecular complexity index is 284. The van der Waals surface area contributed by atoms with Gasteiger partial charge in [0.1, 0.15) is 0 Å². The van der Waals surface area contributed by atoms with E-state index in [4.69, 9.17) is 0 Å². The minimum absolute atomic E-state index is 1.09. The van der Waals surface area contributed by atoms with E-state index in [0.29, 0.717) is 0 Å². The normalized spacial score (nSPS) is 9.54. The third-order valence-electron chi connectivity index (χ3n) is 2.13. The van der Waals surface area contributed by atoms with Gasteiger partial charge in [-0.2, -0.15) is 0 Å². The zero-order chi connectivity index (χ0) is 9.52. The van der Waals surface area contributed by atoms with E-state index in [9.17, 15) is 0 Å². The average Bonchev–Trinajstić information content (AvgIpc) is 2.19. The Morgan fingerprint density at radius 1 is 1.15 bits per heavy atom. The summed E-state index contributed by atoms with van der Waals surface area (Å²) in [5.74, 6) is 0. The Labute approximate surface area is 80.6 Å². The summed E-state index contributed by atoms with van der Waals surface area (Å²) in [6.45, 7) is 7.51. The van der Waals surface area contributed by atoms with Crippen molar-refractivity contribution in [2.45, 2.75) is 19.3 Å². The molecule has 0 aliphatic rings. The largest absolute Gasteiger partial charge is 0.103 e. The van der Waals surface area contributed by atoms with E-state index in [1.165, 1.54) is 17.5 Å². The molecule has 0 amide bonds. The van der Waals surface area contributed by atoms with Crippen molar-refractivity contribution < 1.29 is 0 Å². The molecule has 0 aliphatic heterocycles. The molecule has 13 heavy (non-hydrogen) atoms. The molecule has 0 bridgehead atoms. The molecule has 0 heteroatoms. The van der Waals surface area contributed by atoms with Gasteiger partial charge in [-0.05, 0) is 30.4 Å². The molecule has 68 valence electrons. The molecule has 0 fully saturated rings. The fraction of sp³-hybridized carbons (Fsp3) is 0.231. The highest BCUT2D eigenvalue weighted by Gasteiger charge is 1.96. The highest BCUT2D eigenvalue weighted by atomic mass is 14.0. The lowest BCUT2D eigenvalue weighted by atomic mass is 10.0. The van der Waals surface area contributed by atoms with Gasteiger partial charge in [0.2, 0.25) is 0 Å². The standard InChI is InChI=1S/C13H16/c1-3-5-6-10-13-11-8-7-9-12(13)4-2/h3-4,7-9,11H,1-2,5-6,10H2. The first-order valence-corrected chi connectivity index (χ1v) is 4.69. The monoisotopic (exact) mass is 172 g/mol. The van der Waals surface area contributed by atoms with Crippen molar-refractivity contribution >= 4 is 6.08 Å². The topological polar surface area (TPSA) is 0 Å². The van der Waals surface area contributed by atoms with Crippen molar-refractivity contribution in [1.29, 1.82) is 0 Å². The second kappa shape index (κ2) is 5.36. The van der Waals surface area contributed by atoms with Crippen LogP contribution in [-0.4, -0.2) is 0 Å². The van der Waals surface area contributed by atoms with Gasteiger partial charge in [-0.15, -0.1) is 6.58 Å². The van der Waals surface area contributed by atoms with Gasteiger partial charge in [-0.3, -0.25) is 0 Å². The molecular formula is C13H16. The highest BCUT2D eigenvalue weighted by Crippen LogP contribution is 2.12. The summed E-state index contributed by atoms with van der Waals surface area (Å²) < 4.78 is 0. The van der Waals surface area contributed by atoms with Gasteiger partial charge in [0.25, 0.3) is 0 Å². The lowest BCUT2D eigenvalue weighted by molar-refractivity contribution is 0.843. The van der Waals surface area contributed by atoms with Crippen LogP contribution in [0.3, 0.4) is 0 Å². The molecule has 0 aliphatic carbocycles. The van der Waals surface area contributed by atoms with Crippen LogP contribution in [0.4, 0.5) is 0 Å². The van der Waals surface area contributed by atoms with Crippen LogP contribution in [0.1, 0.15) is 24.0 Å². The molecule has 0 heterocycles. The van der Waals surface area contributed by atoms with Crippen molar-refractivity contribution in [2.75, 3.05) is 0 Å². The summed E-state index contributed by atoms with van der Waals surface area (Å²) in [7, 11) is 0. The number of hydrogen-bond acceptors (Lipinski definition) is 0. The summed E-state index contributed by atoms with van der Waals surface area (Å²) in [5.41, 5.74) is 2.64. The second-order valence-corrected chi connectivity index (χ2v) is 3.08. The fourth-order valence-corrected chi connectivity index (χ4v) is 1.40. The Kier molecular flexibility index (Phi) is 4.04. The van der Waals surface area contributed by atoms with Crippen LogP contribution in [0.15, 0.2) is 43.5 Å². The van der Waals surface area contributed by atoms with Crippen LogP contribution in [0, 0.1) is 0 Å². The Hall–Kier alpha value is -1.30. The van der Waals surface area contributed by atoms with Crippen LogP contribution in [0.25, 0.3) is 6.08 Å². The molecule has 0 radical (unpaired) electrons. The SMILES string of the molecule is C=CCCCc1ccccc1C=C. The first-order valence-electron chi connectivity index (χ1n) is 4.69. The third kappa shape index (κ3) is 2.90. The summed E-state index contributed by atoms with van der Waals surface area (Å²) in [4.78, 5) is 0. The predicted octanol–water partition coefficient (Wildman–Crippen LogP) is 3.84. The number of rotatable bonds is 5. The first kappa shape index (κ1) is 9.79. The molecule has 1 aromatic rings. The van der Waals surface area contributed by atoms with Crippen LogP contribution in [-0.2, 0) is 6.42 Å². The zero-order valence-corrected chi connectivity index (χ0v) is 8.00. The molecular weight excluding hydrogens is 156 g/mol. The summed E-state index contributed by atoms with van der Waals surface area (Å²) in [5, 5.41) is 0. The van der Waals surface area contributed by atoms with Crippen molar-refractivity contribution in [3.8, 4) is 0 Å². The van der Waals surface area contributed by atoms with Crippen molar-refractivity contribution in [3.05, 3.63) is 54.6 Å². The summed E-state index contributed by atoms with van der Waals surface area (Å²) in [6.07, 6.45) is 7.27. The number of unbranched alkanes of at least 4 members (excludes halogenated alkanes) is 1. The van der Waals surface area contributed by atoms with Crippen LogP contribution in [0.2, 0.25) is 0 Å². The molecule has 0 atom stereocenters. The van der Waals surface area contributed by atoms with Crippen molar-refractivity contribution in [3.63, 3.8) is 0 Å². The minimum Gasteiger partial charge on any atom is -0.103 e.